The highest BCUT2D eigenvalue weighted by Crippen LogP contribution is 2.27. The van der Waals surface area contributed by atoms with E-state index in [-0.39, 0.29) is 11.9 Å². The van der Waals surface area contributed by atoms with Gasteiger partial charge in [-0.3, -0.25) is 0 Å². The molecular formula is C16H25BrFN. The molecule has 0 radical (unpaired) electrons. The Morgan fingerprint density at radius 1 is 1.16 bits per heavy atom. The first kappa shape index (κ1) is 16.6. The molecule has 0 aliphatic heterocycles. The van der Waals surface area contributed by atoms with Crippen LogP contribution in [0.25, 0.3) is 0 Å². The lowest BCUT2D eigenvalue weighted by molar-refractivity contribution is 0.458. The standard InChI is InChI=1S/C16H25BrFN/c1-3-5-6-7-8-12-15(19-4-2)13-10-9-11-14(17)16(13)18/h9-11,15,19H,3-8,12H2,1-2H3. The van der Waals surface area contributed by atoms with Gasteiger partial charge in [0, 0.05) is 11.6 Å². The zero-order valence-corrected chi connectivity index (χ0v) is 13.6. The van der Waals surface area contributed by atoms with Gasteiger partial charge in [0.1, 0.15) is 5.82 Å². The Balaban J connectivity index is 2.58. The van der Waals surface area contributed by atoms with Crippen LogP contribution in [-0.4, -0.2) is 6.54 Å². The normalized spacial score (nSPS) is 12.6. The minimum Gasteiger partial charge on any atom is -0.310 e. The smallest absolute Gasteiger partial charge is 0.142 e. The van der Waals surface area contributed by atoms with Crippen LogP contribution in [-0.2, 0) is 0 Å². The highest BCUT2D eigenvalue weighted by Gasteiger charge is 2.15. The van der Waals surface area contributed by atoms with Crippen molar-refractivity contribution in [3.8, 4) is 0 Å². The molecule has 0 saturated carbocycles. The second kappa shape index (κ2) is 9.49. The van der Waals surface area contributed by atoms with E-state index in [4.69, 9.17) is 0 Å². The maximum atomic E-state index is 14.1. The largest absolute Gasteiger partial charge is 0.310 e. The van der Waals surface area contributed by atoms with E-state index in [1.165, 1.54) is 25.7 Å². The lowest BCUT2D eigenvalue weighted by atomic mass is 9.99. The molecule has 0 aliphatic carbocycles. The number of benzene rings is 1. The molecule has 108 valence electrons. The van der Waals surface area contributed by atoms with E-state index in [1.54, 1.807) is 6.07 Å². The van der Waals surface area contributed by atoms with Gasteiger partial charge in [-0.25, -0.2) is 4.39 Å². The SMILES string of the molecule is CCCCCCCC(NCC)c1cccc(Br)c1F. The van der Waals surface area contributed by atoms with Crippen molar-refractivity contribution in [2.45, 2.75) is 58.4 Å². The van der Waals surface area contributed by atoms with Crippen LogP contribution in [0.3, 0.4) is 0 Å². The lowest BCUT2D eigenvalue weighted by Gasteiger charge is -2.19. The van der Waals surface area contributed by atoms with E-state index in [2.05, 4.69) is 35.1 Å². The van der Waals surface area contributed by atoms with Gasteiger partial charge in [-0.1, -0.05) is 58.1 Å². The molecule has 0 saturated heterocycles. The summed E-state index contributed by atoms with van der Waals surface area (Å²) in [5, 5.41) is 3.40. The van der Waals surface area contributed by atoms with Crippen molar-refractivity contribution in [1.82, 2.24) is 5.32 Å². The molecular weight excluding hydrogens is 305 g/mol. The number of hydrogen-bond donors (Lipinski definition) is 1. The molecule has 0 bridgehead atoms. The topological polar surface area (TPSA) is 12.0 Å². The maximum absolute atomic E-state index is 14.1. The summed E-state index contributed by atoms with van der Waals surface area (Å²) >= 11 is 3.27. The third-order valence-corrected chi connectivity index (χ3v) is 4.02. The van der Waals surface area contributed by atoms with Gasteiger partial charge in [0.05, 0.1) is 4.47 Å². The zero-order valence-electron chi connectivity index (χ0n) is 12.0. The lowest BCUT2D eigenvalue weighted by Crippen LogP contribution is -2.22. The van der Waals surface area contributed by atoms with Gasteiger partial charge in [-0.15, -0.1) is 0 Å². The molecule has 1 unspecified atom stereocenters. The number of unbranched alkanes of at least 4 members (excludes halogenated alkanes) is 4. The Morgan fingerprint density at radius 3 is 2.58 bits per heavy atom. The van der Waals surface area contributed by atoms with Crippen LogP contribution in [0.1, 0.15) is 64.0 Å². The summed E-state index contributed by atoms with van der Waals surface area (Å²) in [5.41, 5.74) is 0.784. The maximum Gasteiger partial charge on any atom is 0.142 e. The van der Waals surface area contributed by atoms with Crippen LogP contribution in [0.4, 0.5) is 4.39 Å². The first-order chi connectivity index (χ1) is 9.20. The van der Waals surface area contributed by atoms with Gasteiger partial charge < -0.3 is 5.32 Å². The molecule has 3 heteroatoms. The summed E-state index contributed by atoms with van der Waals surface area (Å²) in [5.74, 6) is -0.123. The molecule has 0 spiro atoms. The van der Waals surface area contributed by atoms with E-state index in [0.29, 0.717) is 4.47 Å². The first-order valence-electron chi connectivity index (χ1n) is 7.38. The number of rotatable bonds is 9. The fourth-order valence-corrected chi connectivity index (χ4v) is 2.74. The summed E-state index contributed by atoms with van der Waals surface area (Å²) in [4.78, 5) is 0. The van der Waals surface area contributed by atoms with Crippen LogP contribution in [0.5, 0.6) is 0 Å². The fourth-order valence-electron chi connectivity index (χ4n) is 2.36. The van der Waals surface area contributed by atoms with Crippen molar-refractivity contribution in [3.63, 3.8) is 0 Å². The average molecular weight is 330 g/mol. The second-order valence-corrected chi connectivity index (χ2v) is 5.81. The van der Waals surface area contributed by atoms with Crippen molar-refractivity contribution in [1.29, 1.82) is 0 Å². The molecule has 0 aliphatic rings. The highest BCUT2D eigenvalue weighted by molar-refractivity contribution is 9.10. The average Bonchev–Trinajstić information content (AvgIpc) is 2.41. The molecule has 1 nitrogen and oxygen atoms in total. The molecule has 1 aromatic rings. The van der Waals surface area contributed by atoms with Gasteiger partial charge in [-0.05, 0) is 35.0 Å². The van der Waals surface area contributed by atoms with E-state index in [1.807, 2.05) is 12.1 Å². The predicted octanol–water partition coefficient (Wildman–Crippen LogP) is 5.60. The van der Waals surface area contributed by atoms with Gasteiger partial charge >= 0.3 is 0 Å². The van der Waals surface area contributed by atoms with Crippen LogP contribution in [0.2, 0.25) is 0 Å². The number of halogens is 2. The second-order valence-electron chi connectivity index (χ2n) is 4.96. The van der Waals surface area contributed by atoms with E-state index < -0.39 is 0 Å². The Bertz CT molecular complexity index is 368. The summed E-state index contributed by atoms with van der Waals surface area (Å²) in [6, 6.07) is 5.68. The summed E-state index contributed by atoms with van der Waals surface area (Å²) in [6.45, 7) is 5.16. The zero-order chi connectivity index (χ0) is 14.1. The molecule has 0 heterocycles. The van der Waals surface area contributed by atoms with Crippen LogP contribution >= 0.6 is 15.9 Å². The van der Waals surface area contributed by atoms with E-state index >= 15 is 0 Å². The molecule has 0 amide bonds. The number of nitrogens with one attached hydrogen (secondary N) is 1. The molecule has 19 heavy (non-hydrogen) atoms. The van der Waals surface area contributed by atoms with Crippen LogP contribution in [0, 0.1) is 5.82 Å². The highest BCUT2D eigenvalue weighted by atomic mass is 79.9. The van der Waals surface area contributed by atoms with Crippen LogP contribution < -0.4 is 5.32 Å². The Kier molecular flexibility index (Phi) is 8.31. The molecule has 1 atom stereocenters. The van der Waals surface area contributed by atoms with Gasteiger partial charge in [0.25, 0.3) is 0 Å². The minimum atomic E-state index is -0.123. The monoisotopic (exact) mass is 329 g/mol. The Hall–Kier alpha value is -0.410. The first-order valence-corrected chi connectivity index (χ1v) is 8.17. The van der Waals surface area contributed by atoms with Gasteiger partial charge in [0.2, 0.25) is 0 Å². The van der Waals surface area contributed by atoms with Gasteiger partial charge in [0.15, 0.2) is 0 Å². The summed E-state index contributed by atoms with van der Waals surface area (Å²) in [6.07, 6.45) is 7.25. The quantitative estimate of drug-likeness (QED) is 0.581. The van der Waals surface area contributed by atoms with Crippen molar-refractivity contribution in [2.24, 2.45) is 0 Å². The summed E-state index contributed by atoms with van der Waals surface area (Å²) < 4.78 is 14.7. The molecule has 0 aromatic heterocycles. The minimum absolute atomic E-state index is 0.123. The fraction of sp³-hybridized carbons (Fsp3) is 0.625. The molecule has 1 aromatic carbocycles. The number of hydrogen-bond acceptors (Lipinski definition) is 1. The van der Waals surface area contributed by atoms with E-state index in [0.717, 1.165) is 24.9 Å². The molecule has 0 fully saturated rings. The Labute approximate surface area is 125 Å². The van der Waals surface area contributed by atoms with E-state index in [9.17, 15) is 4.39 Å². The third-order valence-electron chi connectivity index (χ3n) is 3.40. The van der Waals surface area contributed by atoms with Gasteiger partial charge in [-0.2, -0.15) is 0 Å². The van der Waals surface area contributed by atoms with Crippen molar-refractivity contribution in [2.75, 3.05) is 6.54 Å². The predicted molar refractivity (Wildman–Crippen MR) is 83.9 cm³/mol. The third kappa shape index (κ3) is 5.62. The Morgan fingerprint density at radius 2 is 1.89 bits per heavy atom. The summed E-state index contributed by atoms with van der Waals surface area (Å²) in [7, 11) is 0. The molecule has 1 N–H and O–H groups in total. The van der Waals surface area contributed by atoms with Crippen molar-refractivity contribution < 1.29 is 4.39 Å². The van der Waals surface area contributed by atoms with Crippen molar-refractivity contribution >= 4 is 15.9 Å². The van der Waals surface area contributed by atoms with Crippen LogP contribution in [0.15, 0.2) is 22.7 Å². The molecule has 1 rings (SSSR count). The van der Waals surface area contributed by atoms with Crippen molar-refractivity contribution in [3.05, 3.63) is 34.1 Å².